The van der Waals surface area contributed by atoms with Crippen molar-refractivity contribution in [3.8, 4) is 0 Å². The number of halogens is 3. The first-order valence-electron chi connectivity index (χ1n) is 7.26. The molecule has 0 aromatic carbocycles. The Labute approximate surface area is 134 Å². The molecule has 1 aliphatic carbocycles. The van der Waals surface area contributed by atoms with Crippen LogP contribution in [0.25, 0.3) is 0 Å². The highest BCUT2D eigenvalue weighted by Crippen LogP contribution is 2.30. The molecule has 0 saturated carbocycles. The Morgan fingerprint density at radius 2 is 1.96 bits per heavy atom. The van der Waals surface area contributed by atoms with Crippen LogP contribution in [0.15, 0.2) is 18.3 Å². The molecule has 0 atom stereocenters. The van der Waals surface area contributed by atoms with Gasteiger partial charge in [-0.2, -0.15) is 13.2 Å². The van der Waals surface area contributed by atoms with Crippen LogP contribution < -0.4 is 5.32 Å². The molecule has 23 heavy (non-hydrogen) atoms. The normalized spacial score (nSPS) is 14.9. The van der Waals surface area contributed by atoms with Crippen molar-refractivity contribution in [3.05, 3.63) is 40.2 Å². The molecule has 3 rings (SSSR count). The fraction of sp³-hybridized carbons (Fsp3) is 0.400. The van der Waals surface area contributed by atoms with Crippen molar-refractivity contribution < 1.29 is 18.0 Å². The summed E-state index contributed by atoms with van der Waals surface area (Å²) in [6.07, 6.45) is 1.67. The van der Waals surface area contributed by atoms with Gasteiger partial charge in [0.05, 0.1) is 11.3 Å². The summed E-state index contributed by atoms with van der Waals surface area (Å²) in [4.78, 5) is 21.0. The van der Waals surface area contributed by atoms with Gasteiger partial charge in [-0.05, 0) is 37.8 Å². The van der Waals surface area contributed by atoms with Gasteiger partial charge >= 0.3 is 6.18 Å². The summed E-state index contributed by atoms with van der Waals surface area (Å²) in [5.41, 5.74) is 0.0757. The smallest absolute Gasteiger partial charge is 0.298 e. The molecule has 0 radical (unpaired) electrons. The zero-order valence-corrected chi connectivity index (χ0v) is 12.9. The highest BCUT2D eigenvalue weighted by molar-refractivity contribution is 7.15. The van der Waals surface area contributed by atoms with Crippen LogP contribution >= 0.6 is 11.3 Å². The Kier molecular flexibility index (Phi) is 4.34. The molecule has 2 aromatic rings. The predicted octanol–water partition coefficient (Wildman–Crippen LogP) is 4.08. The lowest BCUT2D eigenvalue weighted by molar-refractivity contribution is -0.141. The van der Waals surface area contributed by atoms with Crippen molar-refractivity contribution in [1.29, 1.82) is 0 Å². The number of pyridine rings is 1. The maximum Gasteiger partial charge on any atom is 0.433 e. The second-order valence-electron chi connectivity index (χ2n) is 5.33. The van der Waals surface area contributed by atoms with Crippen LogP contribution in [0, 0.1) is 0 Å². The molecule has 8 heteroatoms. The van der Waals surface area contributed by atoms with Gasteiger partial charge in [0.1, 0.15) is 5.69 Å². The topological polar surface area (TPSA) is 54.9 Å². The second kappa shape index (κ2) is 6.27. The number of amides is 1. The number of rotatable bonds is 2. The lowest BCUT2D eigenvalue weighted by Crippen LogP contribution is -2.14. The third-order valence-corrected chi connectivity index (χ3v) is 4.71. The van der Waals surface area contributed by atoms with Crippen molar-refractivity contribution in [2.75, 3.05) is 5.32 Å². The van der Waals surface area contributed by atoms with E-state index in [0.29, 0.717) is 5.13 Å². The molecule has 0 bridgehead atoms. The lowest BCUT2D eigenvalue weighted by atomic mass is 10.2. The Balaban J connectivity index is 1.72. The Morgan fingerprint density at radius 1 is 1.17 bits per heavy atom. The SMILES string of the molecule is O=C(Nc1nc2c(s1)CCCCC2)c1ccc(C(F)(F)F)nc1. The third kappa shape index (κ3) is 3.69. The fourth-order valence-corrected chi connectivity index (χ4v) is 3.49. The minimum absolute atomic E-state index is 0.0726. The molecule has 4 nitrogen and oxygen atoms in total. The summed E-state index contributed by atoms with van der Waals surface area (Å²) < 4.78 is 37.4. The number of thiazole rings is 1. The largest absolute Gasteiger partial charge is 0.433 e. The van der Waals surface area contributed by atoms with Crippen molar-refractivity contribution in [1.82, 2.24) is 9.97 Å². The first-order chi connectivity index (χ1) is 10.9. The van der Waals surface area contributed by atoms with Crippen molar-refractivity contribution in [2.45, 2.75) is 38.3 Å². The molecule has 2 aromatic heterocycles. The first kappa shape index (κ1) is 15.9. The number of nitrogens with one attached hydrogen (secondary N) is 1. The zero-order valence-electron chi connectivity index (χ0n) is 12.1. The molecule has 1 amide bonds. The number of fused-ring (bicyclic) bond motifs is 1. The standard InChI is InChI=1S/C15H14F3N3OS/c16-15(17,18)12-7-6-9(8-19-12)13(22)21-14-20-10-4-2-1-3-5-11(10)23-14/h6-8H,1-5H2,(H,20,21,22). The summed E-state index contributed by atoms with van der Waals surface area (Å²) in [5, 5.41) is 3.13. The van der Waals surface area contributed by atoms with Crippen LogP contribution in [-0.4, -0.2) is 15.9 Å². The summed E-state index contributed by atoms with van der Waals surface area (Å²) in [6.45, 7) is 0. The number of alkyl halides is 3. The molecule has 0 aliphatic heterocycles. The monoisotopic (exact) mass is 341 g/mol. The number of aromatic nitrogens is 2. The number of carbonyl (C=O) groups is 1. The highest BCUT2D eigenvalue weighted by Gasteiger charge is 2.32. The molecule has 0 fully saturated rings. The maximum absolute atomic E-state index is 12.5. The average Bonchev–Trinajstić information content (AvgIpc) is 2.75. The van der Waals surface area contributed by atoms with E-state index in [1.54, 1.807) is 0 Å². The quantitative estimate of drug-likeness (QED) is 0.838. The third-order valence-electron chi connectivity index (χ3n) is 3.63. The molecule has 0 saturated heterocycles. The number of nitrogens with zero attached hydrogens (tertiary/aromatic N) is 2. The number of hydrogen-bond acceptors (Lipinski definition) is 4. The number of anilines is 1. The van der Waals surface area contributed by atoms with Crippen molar-refractivity contribution in [3.63, 3.8) is 0 Å². The van der Waals surface area contributed by atoms with E-state index >= 15 is 0 Å². The van der Waals surface area contributed by atoms with E-state index in [9.17, 15) is 18.0 Å². The van der Waals surface area contributed by atoms with E-state index in [-0.39, 0.29) is 5.56 Å². The van der Waals surface area contributed by atoms with Gasteiger partial charge in [0, 0.05) is 11.1 Å². The van der Waals surface area contributed by atoms with Crippen molar-refractivity contribution in [2.24, 2.45) is 0 Å². The van der Waals surface area contributed by atoms with Crippen molar-refractivity contribution >= 4 is 22.4 Å². The predicted molar refractivity (Wildman–Crippen MR) is 80.6 cm³/mol. The number of carbonyl (C=O) groups excluding carboxylic acids is 1. The Bertz CT molecular complexity index is 686. The molecule has 1 aliphatic rings. The average molecular weight is 341 g/mol. The van der Waals surface area contributed by atoms with Gasteiger partial charge < -0.3 is 0 Å². The molecule has 2 heterocycles. The minimum Gasteiger partial charge on any atom is -0.298 e. The molecular weight excluding hydrogens is 327 g/mol. The van der Waals surface area contributed by atoms with E-state index in [2.05, 4.69) is 15.3 Å². The fourth-order valence-electron chi connectivity index (χ4n) is 2.45. The lowest BCUT2D eigenvalue weighted by Gasteiger charge is -2.06. The van der Waals surface area contributed by atoms with E-state index in [0.717, 1.165) is 49.7 Å². The second-order valence-corrected chi connectivity index (χ2v) is 6.42. The Hall–Kier alpha value is -1.96. The van der Waals surface area contributed by atoms with Crippen LogP contribution in [0.2, 0.25) is 0 Å². The summed E-state index contributed by atoms with van der Waals surface area (Å²) in [7, 11) is 0. The van der Waals surface area contributed by atoms with Crippen LogP contribution in [0.4, 0.5) is 18.3 Å². The summed E-state index contributed by atoms with van der Waals surface area (Å²) in [6, 6.07) is 1.91. The van der Waals surface area contributed by atoms with Crippen LogP contribution in [0.5, 0.6) is 0 Å². The van der Waals surface area contributed by atoms with Gasteiger partial charge in [0.15, 0.2) is 5.13 Å². The van der Waals surface area contributed by atoms with E-state index in [1.807, 2.05) is 0 Å². The van der Waals surface area contributed by atoms with E-state index < -0.39 is 17.8 Å². The van der Waals surface area contributed by atoms with Crippen LogP contribution in [0.1, 0.15) is 45.9 Å². The molecule has 1 N–H and O–H groups in total. The van der Waals surface area contributed by atoms with Gasteiger partial charge in [-0.1, -0.05) is 6.42 Å². The van der Waals surface area contributed by atoms with Gasteiger partial charge in [-0.15, -0.1) is 11.3 Å². The summed E-state index contributed by atoms with van der Waals surface area (Å²) >= 11 is 1.44. The highest BCUT2D eigenvalue weighted by atomic mass is 32.1. The summed E-state index contributed by atoms with van der Waals surface area (Å²) in [5.74, 6) is -0.505. The van der Waals surface area contributed by atoms with Gasteiger partial charge in [0.2, 0.25) is 0 Å². The van der Waals surface area contributed by atoms with Crippen LogP contribution in [0.3, 0.4) is 0 Å². The Morgan fingerprint density at radius 3 is 2.65 bits per heavy atom. The van der Waals surface area contributed by atoms with E-state index in [1.165, 1.54) is 22.6 Å². The number of hydrogen-bond donors (Lipinski definition) is 1. The zero-order chi connectivity index (χ0) is 16.4. The molecule has 122 valence electrons. The van der Waals surface area contributed by atoms with Crippen LogP contribution in [-0.2, 0) is 19.0 Å². The molecule has 0 spiro atoms. The number of aryl methyl sites for hydroxylation is 2. The molecular formula is C15H14F3N3OS. The van der Waals surface area contributed by atoms with Gasteiger partial charge in [0.25, 0.3) is 5.91 Å². The van der Waals surface area contributed by atoms with Gasteiger partial charge in [-0.25, -0.2) is 4.98 Å². The molecule has 0 unspecified atom stereocenters. The minimum atomic E-state index is -4.51. The van der Waals surface area contributed by atoms with Gasteiger partial charge in [-0.3, -0.25) is 15.1 Å². The first-order valence-corrected chi connectivity index (χ1v) is 8.08. The van der Waals surface area contributed by atoms with E-state index in [4.69, 9.17) is 0 Å². The maximum atomic E-state index is 12.5.